The average molecular weight is 399 g/mol. The fourth-order valence-electron chi connectivity index (χ4n) is 4.69. The lowest BCUT2D eigenvalue weighted by Gasteiger charge is -2.07. The number of para-hydroxylation sites is 2. The topological polar surface area (TPSA) is 54.2 Å². The molecule has 3 aromatic heterocycles. The second-order valence-corrected chi connectivity index (χ2v) is 7.89. The summed E-state index contributed by atoms with van der Waals surface area (Å²) in [6, 6.07) is 22.7. The molecule has 0 unspecified atom stereocenters. The normalized spacial score (nSPS) is 13.7. The van der Waals surface area contributed by atoms with E-state index in [0.29, 0.717) is 0 Å². The molecule has 0 saturated carbocycles. The second kappa shape index (κ2) is 6.16. The number of hydrogen-bond acceptors (Lipinski definition) is 3. The molecule has 4 nitrogen and oxygen atoms in total. The molecule has 6 aromatic rings. The molecule has 1 aliphatic rings. The Labute approximate surface area is 177 Å². The molecule has 146 valence electrons. The predicted octanol–water partition coefficient (Wildman–Crippen LogP) is 7.15. The molecule has 7 rings (SSSR count). The number of allylic oxidation sites excluding steroid dienone is 1. The van der Waals surface area contributed by atoms with E-state index in [1.165, 1.54) is 5.39 Å². The number of pyridine rings is 1. The van der Waals surface area contributed by atoms with Gasteiger partial charge in [0.25, 0.3) is 0 Å². The fraction of sp³-hybridized carbons (Fsp3) is 0.0370. The number of aromatic amines is 1. The van der Waals surface area contributed by atoms with Crippen LogP contribution in [0, 0.1) is 0 Å². The fourth-order valence-corrected chi connectivity index (χ4v) is 4.69. The Hall–Kier alpha value is -4.18. The molecule has 0 radical (unpaired) electrons. The van der Waals surface area contributed by atoms with Gasteiger partial charge in [0.05, 0.1) is 16.9 Å². The third-order valence-corrected chi connectivity index (χ3v) is 6.11. The number of H-pyrrole nitrogens is 1. The Balaban J connectivity index is 1.55. The van der Waals surface area contributed by atoms with Gasteiger partial charge in [0.1, 0.15) is 16.9 Å². The first-order valence-corrected chi connectivity index (χ1v) is 10.4. The van der Waals surface area contributed by atoms with Gasteiger partial charge in [0.15, 0.2) is 0 Å². The minimum atomic E-state index is 0.733. The molecule has 0 bridgehead atoms. The molecule has 0 atom stereocenters. The van der Waals surface area contributed by atoms with Crippen LogP contribution in [0.1, 0.15) is 17.7 Å². The van der Waals surface area contributed by atoms with E-state index in [-0.39, 0.29) is 0 Å². The maximum absolute atomic E-state index is 6.10. The number of furan rings is 1. The van der Waals surface area contributed by atoms with Gasteiger partial charge in [-0.05, 0) is 24.3 Å². The standard InChI is InChI=1S/C27H17N3O/c1-3-10-20-16(7-1)19-15-28-22-12-6-11-21(30-27(22)26(19)29-20)17-9-5-14-24-25(17)18-8-2-4-13-23(18)31-24/h1-10,12-15,29H,11H2. The van der Waals surface area contributed by atoms with Crippen LogP contribution in [0.3, 0.4) is 0 Å². The quantitative estimate of drug-likeness (QED) is 0.319. The van der Waals surface area contributed by atoms with Crippen molar-refractivity contribution < 1.29 is 4.42 Å². The predicted molar refractivity (Wildman–Crippen MR) is 127 cm³/mol. The highest BCUT2D eigenvalue weighted by Gasteiger charge is 2.18. The Morgan fingerprint density at radius 3 is 2.61 bits per heavy atom. The zero-order valence-corrected chi connectivity index (χ0v) is 16.6. The average Bonchev–Trinajstić information content (AvgIpc) is 3.30. The van der Waals surface area contributed by atoms with Gasteiger partial charge in [0.2, 0.25) is 0 Å². The SMILES string of the molecule is C1=Cc2ncc3c([nH]c4ccccc43)c2N=C(c2cccc3oc4ccccc4c23)C1. The van der Waals surface area contributed by atoms with Crippen LogP contribution in [-0.2, 0) is 0 Å². The minimum Gasteiger partial charge on any atom is -0.456 e. The molecular formula is C27H17N3O. The Morgan fingerprint density at radius 1 is 0.806 bits per heavy atom. The molecule has 3 aromatic carbocycles. The van der Waals surface area contributed by atoms with Crippen molar-refractivity contribution in [2.24, 2.45) is 4.99 Å². The summed E-state index contributed by atoms with van der Waals surface area (Å²) in [5.74, 6) is 0. The highest BCUT2D eigenvalue weighted by atomic mass is 16.3. The molecule has 0 aliphatic carbocycles. The highest BCUT2D eigenvalue weighted by Crippen LogP contribution is 2.37. The number of aliphatic imine (C=N–C) groups is 1. The van der Waals surface area contributed by atoms with Crippen molar-refractivity contribution in [1.29, 1.82) is 0 Å². The molecule has 1 N–H and O–H groups in total. The summed E-state index contributed by atoms with van der Waals surface area (Å²) in [6.07, 6.45) is 6.90. The van der Waals surface area contributed by atoms with E-state index in [9.17, 15) is 0 Å². The molecule has 0 amide bonds. The summed E-state index contributed by atoms with van der Waals surface area (Å²) in [7, 11) is 0. The number of nitrogens with zero attached hydrogens (tertiary/aromatic N) is 2. The van der Waals surface area contributed by atoms with Crippen molar-refractivity contribution in [3.63, 3.8) is 0 Å². The van der Waals surface area contributed by atoms with Crippen molar-refractivity contribution in [3.05, 3.63) is 90.3 Å². The third kappa shape index (κ3) is 2.36. The Bertz CT molecular complexity index is 1720. The summed E-state index contributed by atoms with van der Waals surface area (Å²) in [6.45, 7) is 0. The van der Waals surface area contributed by atoms with E-state index in [4.69, 9.17) is 14.4 Å². The Kier molecular flexibility index (Phi) is 3.30. The van der Waals surface area contributed by atoms with Gasteiger partial charge in [0, 0.05) is 45.2 Å². The van der Waals surface area contributed by atoms with Crippen molar-refractivity contribution in [3.8, 4) is 0 Å². The van der Waals surface area contributed by atoms with Crippen LogP contribution in [0.4, 0.5) is 5.69 Å². The van der Waals surface area contributed by atoms with Crippen LogP contribution in [0.5, 0.6) is 0 Å². The van der Waals surface area contributed by atoms with Crippen LogP contribution in [0.2, 0.25) is 0 Å². The summed E-state index contributed by atoms with van der Waals surface area (Å²) >= 11 is 0. The Morgan fingerprint density at radius 2 is 1.65 bits per heavy atom. The molecule has 1 aliphatic heterocycles. The number of nitrogens with one attached hydrogen (secondary N) is 1. The van der Waals surface area contributed by atoms with E-state index in [0.717, 1.165) is 67.4 Å². The molecule has 4 heterocycles. The lowest BCUT2D eigenvalue weighted by atomic mass is 10.0. The smallest absolute Gasteiger partial charge is 0.136 e. The highest BCUT2D eigenvalue weighted by molar-refractivity contribution is 6.20. The zero-order valence-electron chi connectivity index (χ0n) is 16.6. The van der Waals surface area contributed by atoms with Gasteiger partial charge in [-0.3, -0.25) is 4.98 Å². The molecule has 0 fully saturated rings. The summed E-state index contributed by atoms with van der Waals surface area (Å²) in [5.41, 5.74) is 7.81. The van der Waals surface area contributed by atoms with E-state index in [1.807, 2.05) is 36.5 Å². The van der Waals surface area contributed by atoms with Crippen molar-refractivity contribution in [2.75, 3.05) is 0 Å². The second-order valence-electron chi connectivity index (χ2n) is 7.89. The number of fused-ring (bicyclic) bond motifs is 8. The molecule has 31 heavy (non-hydrogen) atoms. The van der Waals surface area contributed by atoms with Gasteiger partial charge in [-0.15, -0.1) is 0 Å². The molecule has 0 spiro atoms. The summed E-state index contributed by atoms with van der Waals surface area (Å²) in [5, 5.41) is 4.50. The number of aromatic nitrogens is 2. The van der Waals surface area contributed by atoms with E-state index < -0.39 is 0 Å². The lowest BCUT2D eigenvalue weighted by molar-refractivity contribution is 0.669. The zero-order chi connectivity index (χ0) is 20.4. The van der Waals surface area contributed by atoms with Gasteiger partial charge in [-0.2, -0.15) is 0 Å². The van der Waals surface area contributed by atoms with Crippen molar-refractivity contribution >= 4 is 61.2 Å². The first kappa shape index (κ1) is 16.6. The van der Waals surface area contributed by atoms with Crippen LogP contribution in [-0.4, -0.2) is 15.7 Å². The van der Waals surface area contributed by atoms with Gasteiger partial charge < -0.3 is 9.40 Å². The molecule has 4 heteroatoms. The minimum absolute atomic E-state index is 0.733. The van der Waals surface area contributed by atoms with Crippen LogP contribution >= 0.6 is 0 Å². The monoisotopic (exact) mass is 399 g/mol. The maximum Gasteiger partial charge on any atom is 0.136 e. The largest absolute Gasteiger partial charge is 0.456 e. The molecular weight excluding hydrogens is 382 g/mol. The number of rotatable bonds is 1. The number of hydrogen-bond donors (Lipinski definition) is 1. The van der Waals surface area contributed by atoms with Crippen molar-refractivity contribution in [2.45, 2.75) is 6.42 Å². The van der Waals surface area contributed by atoms with E-state index in [1.54, 1.807) is 0 Å². The third-order valence-electron chi connectivity index (χ3n) is 6.11. The van der Waals surface area contributed by atoms with Crippen LogP contribution in [0.15, 0.2) is 88.4 Å². The van der Waals surface area contributed by atoms with Gasteiger partial charge in [-0.1, -0.05) is 54.6 Å². The van der Waals surface area contributed by atoms with E-state index >= 15 is 0 Å². The van der Waals surface area contributed by atoms with Crippen LogP contribution < -0.4 is 0 Å². The first-order valence-electron chi connectivity index (χ1n) is 10.4. The van der Waals surface area contributed by atoms with Crippen LogP contribution in [0.25, 0.3) is 49.8 Å². The summed E-state index contributed by atoms with van der Waals surface area (Å²) < 4.78 is 6.10. The van der Waals surface area contributed by atoms with Gasteiger partial charge in [-0.25, -0.2) is 4.99 Å². The lowest BCUT2D eigenvalue weighted by Crippen LogP contribution is -1.99. The first-order chi connectivity index (χ1) is 15.4. The number of benzene rings is 3. The summed E-state index contributed by atoms with van der Waals surface area (Å²) in [4.78, 5) is 13.5. The molecule has 0 saturated heterocycles. The van der Waals surface area contributed by atoms with E-state index in [2.05, 4.69) is 53.5 Å². The van der Waals surface area contributed by atoms with Gasteiger partial charge >= 0.3 is 0 Å². The maximum atomic E-state index is 6.10. The van der Waals surface area contributed by atoms with Crippen molar-refractivity contribution in [1.82, 2.24) is 9.97 Å².